The summed E-state index contributed by atoms with van der Waals surface area (Å²) in [5.74, 6) is -2.25. The van der Waals surface area contributed by atoms with Gasteiger partial charge in [0.1, 0.15) is 36.4 Å². The van der Waals surface area contributed by atoms with Crippen LogP contribution < -0.4 is 22.1 Å². The van der Waals surface area contributed by atoms with Crippen LogP contribution >= 0.6 is 0 Å². The maximum Gasteiger partial charge on any atom is 0.443 e. The van der Waals surface area contributed by atoms with Crippen LogP contribution in [0.3, 0.4) is 0 Å². The normalized spacial score (nSPS) is 12.1. The summed E-state index contributed by atoms with van der Waals surface area (Å²) in [6.07, 6.45) is -3.58. The van der Waals surface area contributed by atoms with Crippen LogP contribution in [0.15, 0.2) is 46.7 Å². The van der Waals surface area contributed by atoms with Gasteiger partial charge in [0.25, 0.3) is 0 Å². The number of hydroxylamine groups is 4. The molecule has 0 radical (unpaired) electrons. The first-order chi connectivity index (χ1) is 28.4. The predicted octanol–water partition coefficient (Wildman–Crippen LogP) is 4.36. The molecule has 0 aliphatic heterocycles. The lowest BCUT2D eigenvalue weighted by molar-refractivity contribution is -0.178. The molecular formula is C34H46F6N12O8. The highest BCUT2D eigenvalue weighted by Crippen LogP contribution is 2.16. The Balaban J connectivity index is 1.84. The van der Waals surface area contributed by atoms with Gasteiger partial charge in [-0.25, -0.2) is 49.1 Å². The Morgan fingerprint density at radius 1 is 0.667 bits per heavy atom. The molecule has 0 saturated heterocycles. The lowest BCUT2D eigenvalue weighted by atomic mass is 10.2. The molecule has 2 rings (SSSR count). The number of hydrogen-bond donors (Lipinski definition) is 4. The van der Waals surface area contributed by atoms with Crippen molar-refractivity contribution in [1.82, 2.24) is 30.1 Å². The lowest BCUT2D eigenvalue weighted by Crippen LogP contribution is -2.35. The molecule has 2 aromatic heterocycles. The van der Waals surface area contributed by atoms with Gasteiger partial charge in [0.2, 0.25) is 0 Å². The van der Waals surface area contributed by atoms with E-state index in [0.717, 1.165) is 0 Å². The monoisotopic (exact) mass is 864 g/mol. The zero-order valence-corrected chi connectivity index (χ0v) is 32.6. The zero-order valence-electron chi connectivity index (χ0n) is 32.6. The fourth-order valence-electron chi connectivity index (χ4n) is 4.45. The number of ether oxygens (including phenoxy) is 2. The van der Waals surface area contributed by atoms with Crippen molar-refractivity contribution in [2.24, 2.45) is 21.5 Å². The number of aliphatic imine (C=N–C) groups is 2. The number of nitrogens with one attached hydrogen (secondary N) is 2. The van der Waals surface area contributed by atoms with E-state index in [9.17, 15) is 45.5 Å². The van der Waals surface area contributed by atoms with Crippen molar-refractivity contribution in [1.29, 1.82) is 0 Å². The van der Waals surface area contributed by atoms with Gasteiger partial charge in [0.05, 0.1) is 26.3 Å². The zero-order chi connectivity index (χ0) is 44.6. The molecule has 6 N–H and O–H groups in total. The van der Waals surface area contributed by atoms with Gasteiger partial charge in [-0.3, -0.25) is 0 Å². The van der Waals surface area contributed by atoms with Gasteiger partial charge in [-0.05, 0) is 51.7 Å². The minimum atomic E-state index is -4.52. The largest absolute Gasteiger partial charge is 0.448 e. The Hall–Kier alpha value is -6.50. The smallest absolute Gasteiger partial charge is 0.443 e. The summed E-state index contributed by atoms with van der Waals surface area (Å²) in [5, 5.41) is 6.25. The first kappa shape index (κ1) is 49.6. The van der Waals surface area contributed by atoms with Crippen LogP contribution in [-0.2, 0) is 41.6 Å². The fourth-order valence-corrected chi connectivity index (χ4v) is 4.45. The van der Waals surface area contributed by atoms with E-state index in [0.29, 0.717) is 85.3 Å². The van der Waals surface area contributed by atoms with Gasteiger partial charge < -0.3 is 41.2 Å². The second-order valence-electron chi connectivity index (χ2n) is 12.0. The third-order valence-electron chi connectivity index (χ3n) is 7.00. The number of unbranched alkanes of at least 4 members (excludes halogenated alkanes) is 4. The summed E-state index contributed by atoms with van der Waals surface area (Å²) < 4.78 is 84.1. The maximum absolute atomic E-state index is 12.5. The highest BCUT2D eigenvalue weighted by Gasteiger charge is 2.27. The van der Waals surface area contributed by atoms with Gasteiger partial charge >= 0.3 is 36.5 Å². The number of carbonyl (C=O) groups is 4. The Morgan fingerprint density at radius 2 is 1.05 bits per heavy atom. The molecule has 20 nitrogen and oxygen atoms in total. The van der Waals surface area contributed by atoms with E-state index in [1.165, 1.54) is 38.4 Å². The molecule has 0 bridgehead atoms. The molecule has 0 aromatic carbocycles. The highest BCUT2D eigenvalue weighted by molar-refractivity contribution is 5.93. The van der Waals surface area contributed by atoms with Crippen LogP contribution in [0.5, 0.6) is 0 Å². The summed E-state index contributed by atoms with van der Waals surface area (Å²) in [6, 6.07) is 2.79. The Labute approximate surface area is 339 Å². The predicted molar refractivity (Wildman–Crippen MR) is 200 cm³/mol. The number of halogens is 6. The summed E-state index contributed by atoms with van der Waals surface area (Å²) >= 11 is 0. The first-order valence-corrected chi connectivity index (χ1v) is 18.3. The van der Waals surface area contributed by atoms with Crippen LogP contribution in [0.1, 0.15) is 64.0 Å². The second-order valence-corrected chi connectivity index (χ2v) is 12.0. The number of aryl methyl sites for hydroxylation is 2. The molecule has 0 fully saturated rings. The topological polar surface area (TPSA) is 264 Å². The Bertz CT molecular complexity index is 1660. The first-order valence-electron chi connectivity index (χ1n) is 18.3. The van der Waals surface area contributed by atoms with E-state index in [1.54, 1.807) is 0 Å². The molecule has 0 saturated carbocycles. The van der Waals surface area contributed by atoms with Gasteiger partial charge in [-0.1, -0.05) is 12.8 Å². The van der Waals surface area contributed by atoms with Crippen molar-refractivity contribution < 1.29 is 64.7 Å². The summed E-state index contributed by atoms with van der Waals surface area (Å²) in [5.41, 5.74) is 11.0. The Morgan fingerprint density at radius 3 is 1.40 bits per heavy atom. The molecule has 2 amide bonds. The van der Waals surface area contributed by atoms with Gasteiger partial charge in [-0.15, -0.1) is 10.1 Å². The van der Waals surface area contributed by atoms with Crippen molar-refractivity contribution in [3.63, 3.8) is 0 Å². The van der Waals surface area contributed by atoms with Crippen LogP contribution in [-0.4, -0.2) is 118 Å². The number of carbonyl (C=O) groups excluding carboxylic acids is 4. The lowest BCUT2D eigenvalue weighted by Gasteiger charge is -2.20. The minimum absolute atomic E-state index is 0.0351. The molecule has 0 aliphatic carbocycles. The highest BCUT2D eigenvalue weighted by atomic mass is 19.4. The number of anilines is 2. The standard InChI is InChI=1S/C34H46F6N12O8/c1-3-57-31(55)51(19-9-5-7-11-23-43-17-15-25(47-23)49-29(41)45-21-33(35,36)37)59-27(53)13-14-28(54)60-52(32(56)58-4-2)20-10-6-8-12-24-44-18-16-26(48-24)50-30(42)46-22-34(38,39)40/h13-18H,3-12,19-22H2,1-2H3,(H3,41,43,45,47,49)(H3,42,44,46,48,50)/b14-13-. The summed E-state index contributed by atoms with van der Waals surface area (Å²) in [4.78, 5) is 83.0. The Kier molecular flexibility index (Phi) is 21.3. The third kappa shape index (κ3) is 22.4. The van der Waals surface area contributed by atoms with Crippen molar-refractivity contribution in [3.8, 4) is 0 Å². The number of rotatable bonds is 20. The molecule has 2 aromatic rings. The molecule has 0 aliphatic rings. The van der Waals surface area contributed by atoms with Crippen molar-refractivity contribution in [2.45, 2.75) is 77.6 Å². The molecule has 26 heteroatoms. The fraction of sp³-hybridized carbons (Fsp3) is 0.529. The van der Waals surface area contributed by atoms with Gasteiger partial charge in [0.15, 0.2) is 11.9 Å². The van der Waals surface area contributed by atoms with E-state index in [1.807, 2.05) is 0 Å². The number of guanidine groups is 2. The van der Waals surface area contributed by atoms with Crippen LogP contribution in [0.4, 0.5) is 47.6 Å². The van der Waals surface area contributed by atoms with Crippen molar-refractivity contribution in [2.75, 3.05) is 50.0 Å². The van der Waals surface area contributed by atoms with E-state index in [-0.39, 0.29) is 37.9 Å². The number of hydrogen-bond acceptors (Lipinski definition) is 14. The molecule has 0 spiro atoms. The summed E-state index contributed by atoms with van der Waals surface area (Å²) in [7, 11) is 0. The molecule has 0 atom stereocenters. The average Bonchev–Trinajstić information content (AvgIpc) is 3.17. The molecular weight excluding hydrogens is 818 g/mol. The summed E-state index contributed by atoms with van der Waals surface area (Å²) in [6.45, 7) is -0.107. The number of nitrogens with two attached hydrogens (primary N) is 2. The van der Waals surface area contributed by atoms with E-state index < -0.39 is 61.5 Å². The van der Waals surface area contributed by atoms with Gasteiger partial charge in [-0.2, -0.15) is 26.3 Å². The van der Waals surface area contributed by atoms with Crippen LogP contribution in [0.25, 0.3) is 0 Å². The SMILES string of the molecule is CCOC(=O)N(CCCCCc1nccc(NC(N)=NCC(F)(F)F)n1)OC(=O)/C=C\C(=O)ON(CCCCCc1nccc(NC(N)=NCC(F)(F)F)n1)C(=O)OCC. The van der Waals surface area contributed by atoms with Crippen molar-refractivity contribution in [3.05, 3.63) is 48.3 Å². The molecule has 0 unspecified atom stereocenters. The van der Waals surface area contributed by atoms with E-state index >= 15 is 0 Å². The molecule has 2 heterocycles. The quantitative estimate of drug-likeness (QED) is 0.0360. The second kappa shape index (κ2) is 25.8. The van der Waals surface area contributed by atoms with Crippen LogP contribution in [0, 0.1) is 0 Å². The molecule has 332 valence electrons. The average molecular weight is 865 g/mol. The van der Waals surface area contributed by atoms with Crippen LogP contribution in [0.2, 0.25) is 0 Å². The van der Waals surface area contributed by atoms with E-state index in [2.05, 4.69) is 40.6 Å². The number of amides is 2. The van der Waals surface area contributed by atoms with Crippen molar-refractivity contribution >= 4 is 47.7 Å². The van der Waals surface area contributed by atoms with E-state index in [4.69, 9.17) is 30.6 Å². The number of nitrogens with zero attached hydrogens (tertiary/aromatic N) is 8. The minimum Gasteiger partial charge on any atom is -0.448 e. The number of aromatic nitrogens is 4. The van der Waals surface area contributed by atoms with Gasteiger partial charge in [0, 0.05) is 37.4 Å². The third-order valence-corrected chi connectivity index (χ3v) is 7.00. The maximum atomic E-state index is 12.5. The molecule has 60 heavy (non-hydrogen) atoms. The number of alkyl halides is 6.